The Bertz CT molecular complexity index is 306. The molecule has 2 fully saturated rings. The molecule has 1 saturated heterocycles. The summed E-state index contributed by atoms with van der Waals surface area (Å²) in [5.41, 5.74) is 0. The number of rotatable bonds is 6. The number of carbonyl (C=O) groups is 1. The van der Waals surface area contributed by atoms with Crippen LogP contribution in [0.15, 0.2) is 0 Å². The van der Waals surface area contributed by atoms with Crippen molar-refractivity contribution in [2.45, 2.75) is 64.6 Å². The summed E-state index contributed by atoms with van der Waals surface area (Å²) in [5.74, 6) is 3.23. The summed E-state index contributed by atoms with van der Waals surface area (Å²) in [6.07, 6.45) is 4.25. The van der Waals surface area contributed by atoms with E-state index in [1.54, 1.807) is 0 Å². The van der Waals surface area contributed by atoms with Crippen molar-refractivity contribution in [3.8, 4) is 0 Å². The second kappa shape index (κ2) is 8.50. The van der Waals surface area contributed by atoms with Crippen molar-refractivity contribution in [3.63, 3.8) is 0 Å². The van der Waals surface area contributed by atoms with Gasteiger partial charge in [0.25, 0.3) is 0 Å². The zero-order chi connectivity index (χ0) is 13.8. The van der Waals surface area contributed by atoms with E-state index >= 15 is 0 Å². The van der Waals surface area contributed by atoms with Gasteiger partial charge in [-0.05, 0) is 25.7 Å². The fourth-order valence-corrected chi connectivity index (χ4v) is 3.75. The van der Waals surface area contributed by atoms with Crippen LogP contribution in [0.4, 0.5) is 0 Å². The molecule has 1 amide bonds. The molecule has 0 spiro atoms. The zero-order valence-electron chi connectivity index (χ0n) is 12.9. The summed E-state index contributed by atoms with van der Waals surface area (Å²) in [4.78, 5) is 14.8. The van der Waals surface area contributed by atoms with Crippen molar-refractivity contribution in [1.29, 1.82) is 0 Å². The average molecular weight is 321 g/mol. The molecule has 1 aliphatic heterocycles. The minimum absolute atomic E-state index is 0. The Labute approximate surface area is 134 Å². The van der Waals surface area contributed by atoms with Gasteiger partial charge in [0, 0.05) is 42.6 Å². The first-order chi connectivity index (χ1) is 9.13. The summed E-state index contributed by atoms with van der Waals surface area (Å²) in [7, 11) is 0. The summed E-state index contributed by atoms with van der Waals surface area (Å²) < 4.78 is 0. The molecule has 0 aromatic heterocycles. The highest BCUT2D eigenvalue weighted by Crippen LogP contribution is 2.32. The molecule has 1 heterocycles. The van der Waals surface area contributed by atoms with E-state index in [0.29, 0.717) is 36.4 Å². The molecule has 0 bridgehead atoms. The SMILES string of the molecule is CCC(C)C(C)N(C(=O)CC1CSCCN1)C1CC1.Cl. The topological polar surface area (TPSA) is 32.3 Å². The van der Waals surface area contributed by atoms with Gasteiger partial charge in [-0.1, -0.05) is 20.3 Å². The third-order valence-corrected chi connectivity index (χ3v) is 5.68. The molecule has 3 unspecified atom stereocenters. The molecule has 118 valence electrons. The highest BCUT2D eigenvalue weighted by Gasteiger charge is 2.37. The monoisotopic (exact) mass is 320 g/mol. The Balaban J connectivity index is 0.00000200. The van der Waals surface area contributed by atoms with Gasteiger partial charge in [-0.15, -0.1) is 12.4 Å². The lowest BCUT2D eigenvalue weighted by molar-refractivity contribution is -0.135. The first-order valence-corrected chi connectivity index (χ1v) is 8.91. The van der Waals surface area contributed by atoms with Crippen molar-refractivity contribution >= 4 is 30.1 Å². The second-order valence-corrected chi connectivity index (χ2v) is 7.24. The largest absolute Gasteiger partial charge is 0.337 e. The van der Waals surface area contributed by atoms with Gasteiger partial charge in [0.15, 0.2) is 0 Å². The number of nitrogens with zero attached hydrogens (tertiary/aromatic N) is 1. The van der Waals surface area contributed by atoms with Crippen molar-refractivity contribution in [1.82, 2.24) is 10.2 Å². The van der Waals surface area contributed by atoms with Crippen molar-refractivity contribution in [2.75, 3.05) is 18.1 Å². The number of thioether (sulfide) groups is 1. The van der Waals surface area contributed by atoms with Gasteiger partial charge in [0.05, 0.1) is 0 Å². The lowest BCUT2D eigenvalue weighted by Gasteiger charge is -2.35. The van der Waals surface area contributed by atoms with E-state index in [4.69, 9.17) is 0 Å². The molecular weight excluding hydrogens is 292 g/mol. The van der Waals surface area contributed by atoms with Crippen LogP contribution in [-0.2, 0) is 4.79 Å². The van der Waals surface area contributed by atoms with Gasteiger partial charge in [0.1, 0.15) is 0 Å². The molecule has 20 heavy (non-hydrogen) atoms. The first kappa shape index (κ1) is 18.1. The Morgan fingerprint density at radius 3 is 2.60 bits per heavy atom. The Hall–Kier alpha value is 0.0700. The number of halogens is 1. The van der Waals surface area contributed by atoms with Gasteiger partial charge < -0.3 is 10.2 Å². The first-order valence-electron chi connectivity index (χ1n) is 7.75. The van der Waals surface area contributed by atoms with E-state index in [9.17, 15) is 4.79 Å². The highest BCUT2D eigenvalue weighted by molar-refractivity contribution is 7.99. The van der Waals surface area contributed by atoms with E-state index in [0.717, 1.165) is 18.7 Å². The molecular formula is C15H29ClN2OS. The number of amides is 1. The van der Waals surface area contributed by atoms with E-state index in [1.807, 2.05) is 11.8 Å². The maximum Gasteiger partial charge on any atom is 0.224 e. The minimum Gasteiger partial charge on any atom is -0.337 e. The number of hydrogen-bond acceptors (Lipinski definition) is 3. The van der Waals surface area contributed by atoms with E-state index in [2.05, 4.69) is 31.0 Å². The van der Waals surface area contributed by atoms with Crippen LogP contribution in [0.1, 0.15) is 46.5 Å². The van der Waals surface area contributed by atoms with Crippen molar-refractivity contribution in [2.24, 2.45) is 5.92 Å². The molecule has 2 aliphatic rings. The van der Waals surface area contributed by atoms with Crippen LogP contribution in [0.5, 0.6) is 0 Å². The van der Waals surface area contributed by atoms with Crippen LogP contribution in [0, 0.1) is 5.92 Å². The van der Waals surface area contributed by atoms with Crippen LogP contribution in [-0.4, -0.2) is 47.0 Å². The van der Waals surface area contributed by atoms with E-state index in [1.165, 1.54) is 18.6 Å². The van der Waals surface area contributed by atoms with Gasteiger partial charge in [-0.3, -0.25) is 4.79 Å². The van der Waals surface area contributed by atoms with Crippen molar-refractivity contribution < 1.29 is 4.79 Å². The Kier molecular flexibility index (Phi) is 7.70. The number of hydrogen-bond donors (Lipinski definition) is 1. The number of nitrogens with one attached hydrogen (secondary N) is 1. The fraction of sp³-hybridized carbons (Fsp3) is 0.933. The molecule has 0 radical (unpaired) electrons. The smallest absolute Gasteiger partial charge is 0.224 e. The predicted octanol–water partition coefficient (Wildman–Crippen LogP) is 2.93. The van der Waals surface area contributed by atoms with Gasteiger partial charge in [-0.25, -0.2) is 0 Å². The molecule has 5 heteroatoms. The van der Waals surface area contributed by atoms with Gasteiger partial charge in [0.2, 0.25) is 5.91 Å². The predicted molar refractivity (Wildman–Crippen MR) is 89.8 cm³/mol. The Morgan fingerprint density at radius 1 is 1.40 bits per heavy atom. The molecule has 0 aromatic rings. The molecule has 1 saturated carbocycles. The third kappa shape index (κ3) is 4.81. The van der Waals surface area contributed by atoms with Gasteiger partial charge >= 0.3 is 0 Å². The quantitative estimate of drug-likeness (QED) is 0.816. The van der Waals surface area contributed by atoms with Crippen LogP contribution in [0.3, 0.4) is 0 Å². The number of carbonyl (C=O) groups excluding carboxylic acids is 1. The fourth-order valence-electron chi connectivity index (χ4n) is 2.80. The second-order valence-electron chi connectivity index (χ2n) is 6.09. The average Bonchev–Trinajstić information content (AvgIpc) is 3.23. The molecule has 3 atom stereocenters. The van der Waals surface area contributed by atoms with Crippen LogP contribution in [0.25, 0.3) is 0 Å². The van der Waals surface area contributed by atoms with E-state index in [-0.39, 0.29) is 12.4 Å². The van der Waals surface area contributed by atoms with Crippen LogP contribution in [0.2, 0.25) is 0 Å². The van der Waals surface area contributed by atoms with Crippen molar-refractivity contribution in [3.05, 3.63) is 0 Å². The third-order valence-electron chi connectivity index (χ3n) is 4.55. The van der Waals surface area contributed by atoms with Crippen LogP contribution < -0.4 is 5.32 Å². The summed E-state index contributed by atoms with van der Waals surface area (Å²) in [5, 5.41) is 3.48. The summed E-state index contributed by atoms with van der Waals surface area (Å²) in [6.45, 7) is 7.76. The van der Waals surface area contributed by atoms with E-state index < -0.39 is 0 Å². The van der Waals surface area contributed by atoms with Crippen LogP contribution >= 0.6 is 24.2 Å². The molecule has 0 aromatic carbocycles. The maximum absolute atomic E-state index is 12.6. The standard InChI is InChI=1S/C15H28N2OS.ClH/c1-4-11(2)12(3)17(14-5-6-14)15(18)9-13-10-19-8-7-16-13;/h11-14,16H,4-10H2,1-3H3;1H. The molecule has 3 nitrogen and oxygen atoms in total. The minimum atomic E-state index is 0. The summed E-state index contributed by atoms with van der Waals surface area (Å²) >= 11 is 1.97. The summed E-state index contributed by atoms with van der Waals surface area (Å²) in [6, 6.07) is 1.31. The normalized spacial score (nSPS) is 25.4. The molecule has 2 rings (SSSR count). The maximum atomic E-state index is 12.6. The highest BCUT2D eigenvalue weighted by atomic mass is 35.5. The van der Waals surface area contributed by atoms with Gasteiger partial charge in [-0.2, -0.15) is 11.8 Å². The Morgan fingerprint density at radius 2 is 2.10 bits per heavy atom. The lowest BCUT2D eigenvalue weighted by atomic mass is 9.98. The lowest BCUT2D eigenvalue weighted by Crippen LogP contribution is -2.47. The molecule has 1 aliphatic carbocycles. The zero-order valence-corrected chi connectivity index (χ0v) is 14.6. The molecule has 1 N–H and O–H groups in total.